The third kappa shape index (κ3) is 7.01. The van der Waals surface area contributed by atoms with Gasteiger partial charge in [0.1, 0.15) is 11.3 Å². The number of anilines is 1. The number of ether oxygens (including phenoxy) is 1. The Labute approximate surface area is 234 Å². The second-order valence-electron chi connectivity index (χ2n) is 9.90. The van der Waals surface area contributed by atoms with Crippen molar-refractivity contribution in [3.8, 4) is 5.75 Å². The van der Waals surface area contributed by atoms with E-state index in [2.05, 4.69) is 12.2 Å². The van der Waals surface area contributed by atoms with Crippen LogP contribution in [0.15, 0.2) is 50.5 Å². The molecule has 2 heterocycles. The third-order valence-electron chi connectivity index (χ3n) is 7.07. The summed E-state index contributed by atoms with van der Waals surface area (Å²) in [6.45, 7) is 4.68. The highest BCUT2D eigenvalue weighted by atomic mass is 35.5. The molecule has 3 aromatic rings. The summed E-state index contributed by atoms with van der Waals surface area (Å²) in [7, 11) is -3.68. The number of nitrogens with one attached hydrogen (secondary N) is 1. The van der Waals surface area contributed by atoms with Gasteiger partial charge in [-0.25, -0.2) is 13.2 Å². The minimum atomic E-state index is -3.68. The molecule has 39 heavy (non-hydrogen) atoms. The Bertz CT molecular complexity index is 1500. The molecule has 1 aliphatic heterocycles. The van der Waals surface area contributed by atoms with Crippen molar-refractivity contribution in [3.63, 3.8) is 0 Å². The van der Waals surface area contributed by atoms with Gasteiger partial charge in [-0.3, -0.25) is 4.79 Å². The maximum Gasteiger partial charge on any atom is 0.339 e. The van der Waals surface area contributed by atoms with Crippen LogP contribution < -0.4 is 15.7 Å². The molecule has 0 atom stereocenters. The van der Waals surface area contributed by atoms with Gasteiger partial charge in [0.25, 0.3) is 5.91 Å². The number of halogens is 1. The minimum absolute atomic E-state index is 0.0784. The highest BCUT2D eigenvalue weighted by molar-refractivity contribution is 7.89. The Morgan fingerprint density at radius 3 is 2.59 bits per heavy atom. The quantitative estimate of drug-likeness (QED) is 0.220. The van der Waals surface area contributed by atoms with Crippen molar-refractivity contribution in [2.45, 2.75) is 70.1 Å². The van der Waals surface area contributed by atoms with Gasteiger partial charge in [-0.1, -0.05) is 44.2 Å². The van der Waals surface area contributed by atoms with E-state index in [0.29, 0.717) is 36.4 Å². The molecule has 210 valence electrons. The summed E-state index contributed by atoms with van der Waals surface area (Å²) >= 11 is 6.24. The van der Waals surface area contributed by atoms with Crippen molar-refractivity contribution >= 4 is 44.2 Å². The molecule has 10 heteroatoms. The zero-order valence-electron chi connectivity index (χ0n) is 22.4. The lowest BCUT2D eigenvalue weighted by molar-refractivity contribution is -0.118. The van der Waals surface area contributed by atoms with E-state index in [0.717, 1.165) is 55.9 Å². The number of hydrogen-bond donors (Lipinski definition) is 1. The Balaban J connectivity index is 1.42. The molecule has 1 saturated heterocycles. The number of benzene rings is 2. The van der Waals surface area contributed by atoms with Gasteiger partial charge in [-0.15, -0.1) is 0 Å². The number of fused-ring (bicyclic) bond motifs is 1. The lowest BCUT2D eigenvalue weighted by Crippen LogP contribution is -2.35. The number of piperidine rings is 1. The number of sulfonamides is 1. The average molecular weight is 575 g/mol. The lowest BCUT2D eigenvalue weighted by Gasteiger charge is -2.26. The zero-order chi connectivity index (χ0) is 28.0. The monoisotopic (exact) mass is 574 g/mol. The normalized spacial score (nSPS) is 14.4. The van der Waals surface area contributed by atoms with Crippen LogP contribution >= 0.6 is 11.6 Å². The highest BCUT2D eigenvalue weighted by Crippen LogP contribution is 2.29. The number of unbranched alkanes of at least 4 members (excludes halogenated alkanes) is 3. The summed E-state index contributed by atoms with van der Waals surface area (Å²) in [5.41, 5.74) is 1.84. The molecule has 1 amide bonds. The molecule has 1 aliphatic rings. The molecule has 1 fully saturated rings. The summed E-state index contributed by atoms with van der Waals surface area (Å²) in [5, 5.41) is 3.68. The van der Waals surface area contributed by atoms with Gasteiger partial charge in [-0.2, -0.15) is 4.31 Å². The Morgan fingerprint density at radius 1 is 1.08 bits per heavy atom. The second kappa shape index (κ2) is 13.0. The number of amides is 1. The van der Waals surface area contributed by atoms with Crippen molar-refractivity contribution in [1.29, 1.82) is 0 Å². The average Bonchev–Trinajstić information content (AvgIpc) is 2.93. The fraction of sp³-hybridized carbons (Fsp3) is 0.448. The predicted molar refractivity (Wildman–Crippen MR) is 153 cm³/mol. The molecule has 0 unspecified atom stereocenters. The first-order valence-electron chi connectivity index (χ1n) is 13.5. The van der Waals surface area contributed by atoms with Crippen molar-refractivity contribution in [1.82, 2.24) is 4.31 Å². The summed E-state index contributed by atoms with van der Waals surface area (Å²) in [4.78, 5) is 25.3. The third-order valence-corrected chi connectivity index (χ3v) is 9.30. The molecule has 0 spiro atoms. The van der Waals surface area contributed by atoms with E-state index in [4.69, 9.17) is 20.8 Å². The molecule has 4 rings (SSSR count). The van der Waals surface area contributed by atoms with Gasteiger partial charge in [0.15, 0.2) is 6.61 Å². The topological polar surface area (TPSA) is 106 Å². The van der Waals surface area contributed by atoms with Crippen LogP contribution in [0, 0.1) is 6.92 Å². The largest absolute Gasteiger partial charge is 0.484 e. The van der Waals surface area contributed by atoms with E-state index in [1.165, 1.54) is 22.5 Å². The summed E-state index contributed by atoms with van der Waals surface area (Å²) in [6.07, 6.45) is 7.64. The molecule has 2 aromatic carbocycles. The van der Waals surface area contributed by atoms with Gasteiger partial charge in [0.05, 0.1) is 15.6 Å². The number of nitrogens with zero attached hydrogens (tertiary/aromatic N) is 1. The smallest absolute Gasteiger partial charge is 0.339 e. The SMILES string of the molecule is CCCCCCc1c(C)c2ccc(OCC(=O)Nc3cc(S(=O)(=O)N4CCCCC4)ccc3Cl)cc2oc1=O. The Hall–Kier alpha value is -2.88. The van der Waals surface area contributed by atoms with Crippen LogP contribution in [0.3, 0.4) is 0 Å². The second-order valence-corrected chi connectivity index (χ2v) is 12.3. The molecular weight excluding hydrogens is 540 g/mol. The van der Waals surface area contributed by atoms with E-state index in [1.54, 1.807) is 12.1 Å². The number of rotatable bonds is 11. The summed E-state index contributed by atoms with van der Waals surface area (Å²) < 4.78 is 38.7. The minimum Gasteiger partial charge on any atom is -0.484 e. The van der Waals surface area contributed by atoms with Crippen LogP contribution in [-0.4, -0.2) is 38.3 Å². The molecule has 8 nitrogen and oxygen atoms in total. The van der Waals surface area contributed by atoms with E-state index in [1.807, 2.05) is 13.0 Å². The Morgan fingerprint density at radius 2 is 1.85 bits per heavy atom. The maximum atomic E-state index is 13.0. The number of hydrogen-bond acceptors (Lipinski definition) is 6. The highest BCUT2D eigenvalue weighted by Gasteiger charge is 2.26. The molecule has 1 N–H and O–H groups in total. The van der Waals surface area contributed by atoms with Crippen LogP contribution in [0.2, 0.25) is 5.02 Å². The van der Waals surface area contributed by atoms with E-state index >= 15 is 0 Å². The molecule has 0 bridgehead atoms. The number of carbonyl (C=O) groups is 1. The van der Waals surface area contributed by atoms with E-state index in [9.17, 15) is 18.0 Å². The van der Waals surface area contributed by atoms with E-state index in [-0.39, 0.29) is 27.8 Å². The van der Waals surface area contributed by atoms with Gasteiger partial charge >= 0.3 is 5.63 Å². The molecule has 1 aromatic heterocycles. The first-order valence-corrected chi connectivity index (χ1v) is 15.3. The first-order chi connectivity index (χ1) is 18.7. The van der Waals surface area contributed by atoms with Crippen LogP contribution in [0.25, 0.3) is 11.0 Å². The van der Waals surface area contributed by atoms with Gasteiger partial charge in [-0.05, 0) is 68.5 Å². The molecular formula is C29H35ClN2O6S. The number of aryl methyl sites for hydroxylation is 1. The standard InChI is InChI=1S/C29H35ClN2O6S/c1-3-4-5-7-10-24-20(2)23-13-11-21(17-27(23)38-29(24)34)37-19-28(33)31-26-18-22(12-14-25(26)30)39(35,36)32-15-8-6-9-16-32/h11-14,17-18H,3-10,15-16,19H2,1-2H3,(H,31,33). The van der Waals surface area contributed by atoms with Gasteiger partial charge in [0, 0.05) is 30.1 Å². The lowest BCUT2D eigenvalue weighted by atomic mass is 10.0. The fourth-order valence-corrected chi connectivity index (χ4v) is 6.54. The van der Waals surface area contributed by atoms with Crippen LogP contribution in [0.4, 0.5) is 5.69 Å². The van der Waals surface area contributed by atoms with Gasteiger partial charge < -0.3 is 14.5 Å². The van der Waals surface area contributed by atoms with Crippen molar-refractivity contribution < 1.29 is 22.4 Å². The zero-order valence-corrected chi connectivity index (χ0v) is 24.0. The first kappa shape index (κ1) is 29.1. The van der Waals surface area contributed by atoms with E-state index < -0.39 is 15.9 Å². The van der Waals surface area contributed by atoms with Crippen molar-refractivity contribution in [2.75, 3.05) is 25.0 Å². The molecule has 0 aliphatic carbocycles. The van der Waals surface area contributed by atoms with Crippen molar-refractivity contribution in [3.05, 3.63) is 63.0 Å². The van der Waals surface area contributed by atoms with Crippen LogP contribution in [0.1, 0.15) is 63.0 Å². The molecule has 0 saturated carbocycles. The van der Waals surface area contributed by atoms with Crippen LogP contribution in [-0.2, 0) is 21.2 Å². The Kier molecular flexibility index (Phi) is 9.69. The summed E-state index contributed by atoms with van der Waals surface area (Å²) in [5.74, 6) is -0.145. The van der Waals surface area contributed by atoms with Gasteiger partial charge in [0.2, 0.25) is 10.0 Å². The van der Waals surface area contributed by atoms with Crippen molar-refractivity contribution in [2.24, 2.45) is 0 Å². The fourth-order valence-electron chi connectivity index (χ4n) is 4.83. The predicted octanol–water partition coefficient (Wildman–Crippen LogP) is 6.07. The molecule has 0 radical (unpaired) electrons. The number of carbonyl (C=O) groups excluding carboxylic acids is 1. The van der Waals surface area contributed by atoms with Crippen LogP contribution in [0.5, 0.6) is 5.75 Å². The maximum absolute atomic E-state index is 13.0. The summed E-state index contributed by atoms with van der Waals surface area (Å²) in [6, 6.07) is 9.42.